The Morgan fingerprint density at radius 3 is 2.86 bits per heavy atom. The van der Waals surface area contributed by atoms with Gasteiger partial charge in [-0.25, -0.2) is 17.8 Å². The van der Waals surface area contributed by atoms with E-state index in [1.807, 2.05) is 0 Å². The molecule has 0 fully saturated rings. The normalized spacial score (nSPS) is 11.3. The standard InChI is InChI=1S/C8H11FN2O2S/c1-14(12,13)6-5-11-8-7(9)3-2-4-10-8/h2-4H,5-6H2,1H3,(H,10,11). The van der Waals surface area contributed by atoms with Gasteiger partial charge in [0.1, 0.15) is 9.84 Å². The number of rotatable bonds is 4. The third kappa shape index (κ3) is 3.69. The van der Waals surface area contributed by atoms with Gasteiger partial charge in [-0.1, -0.05) is 0 Å². The molecule has 0 bridgehead atoms. The Morgan fingerprint density at radius 2 is 2.29 bits per heavy atom. The summed E-state index contributed by atoms with van der Waals surface area (Å²) >= 11 is 0. The maximum atomic E-state index is 12.9. The van der Waals surface area contributed by atoms with Crippen LogP contribution in [0.2, 0.25) is 0 Å². The molecule has 0 radical (unpaired) electrons. The van der Waals surface area contributed by atoms with Gasteiger partial charge in [-0.15, -0.1) is 0 Å². The topological polar surface area (TPSA) is 59.1 Å². The van der Waals surface area contributed by atoms with E-state index >= 15 is 0 Å². The van der Waals surface area contributed by atoms with Gasteiger partial charge in [0.05, 0.1) is 5.75 Å². The maximum Gasteiger partial charge on any atom is 0.165 e. The average Bonchev–Trinajstić information content (AvgIpc) is 2.06. The molecule has 1 N–H and O–H groups in total. The first-order valence-corrected chi connectivity index (χ1v) is 6.07. The summed E-state index contributed by atoms with van der Waals surface area (Å²) in [7, 11) is -3.02. The summed E-state index contributed by atoms with van der Waals surface area (Å²) in [5.74, 6) is -0.444. The summed E-state index contributed by atoms with van der Waals surface area (Å²) in [6.45, 7) is 0.159. The van der Waals surface area contributed by atoms with Crippen molar-refractivity contribution < 1.29 is 12.8 Å². The molecule has 0 aliphatic carbocycles. The van der Waals surface area contributed by atoms with Gasteiger partial charge >= 0.3 is 0 Å². The molecule has 1 aromatic heterocycles. The summed E-state index contributed by atoms with van der Waals surface area (Å²) in [6.07, 6.45) is 2.56. The smallest absolute Gasteiger partial charge is 0.165 e. The lowest BCUT2D eigenvalue weighted by Crippen LogP contribution is -2.15. The lowest BCUT2D eigenvalue weighted by atomic mass is 10.4. The van der Waals surface area contributed by atoms with Crippen molar-refractivity contribution in [3.8, 4) is 0 Å². The monoisotopic (exact) mass is 218 g/mol. The number of nitrogens with one attached hydrogen (secondary N) is 1. The van der Waals surface area contributed by atoms with Crippen molar-refractivity contribution in [2.45, 2.75) is 0 Å². The lowest BCUT2D eigenvalue weighted by Gasteiger charge is -2.04. The summed E-state index contributed by atoms with van der Waals surface area (Å²) in [4.78, 5) is 3.72. The molecule has 0 aliphatic heterocycles. The van der Waals surface area contributed by atoms with E-state index in [9.17, 15) is 12.8 Å². The van der Waals surface area contributed by atoms with Crippen molar-refractivity contribution in [1.82, 2.24) is 4.98 Å². The van der Waals surface area contributed by atoms with Crippen LogP contribution in [0.25, 0.3) is 0 Å². The molecule has 0 spiro atoms. The van der Waals surface area contributed by atoms with E-state index in [0.717, 1.165) is 6.26 Å². The average molecular weight is 218 g/mol. The van der Waals surface area contributed by atoms with Gasteiger partial charge in [-0.2, -0.15) is 0 Å². The minimum Gasteiger partial charge on any atom is -0.367 e. The molecule has 6 heteroatoms. The first kappa shape index (κ1) is 10.9. The second kappa shape index (κ2) is 4.36. The van der Waals surface area contributed by atoms with Crippen LogP contribution in [-0.4, -0.2) is 32.0 Å². The molecule has 4 nitrogen and oxygen atoms in total. The lowest BCUT2D eigenvalue weighted by molar-refractivity contribution is 0.601. The largest absolute Gasteiger partial charge is 0.367 e. The molecule has 0 atom stereocenters. The fraction of sp³-hybridized carbons (Fsp3) is 0.375. The van der Waals surface area contributed by atoms with Crippen LogP contribution in [0.5, 0.6) is 0 Å². The van der Waals surface area contributed by atoms with E-state index in [4.69, 9.17) is 0 Å². The molecule has 0 aliphatic rings. The van der Waals surface area contributed by atoms with E-state index in [-0.39, 0.29) is 18.1 Å². The Kier molecular flexibility index (Phi) is 3.40. The van der Waals surface area contributed by atoms with Crippen LogP contribution >= 0.6 is 0 Å². The molecule has 0 unspecified atom stereocenters. The summed E-state index contributed by atoms with van der Waals surface area (Å²) in [5, 5.41) is 2.60. The Bertz CT molecular complexity index is 406. The van der Waals surface area contributed by atoms with Crippen molar-refractivity contribution in [3.05, 3.63) is 24.1 Å². The Labute approximate surface area is 82.1 Å². The molecular formula is C8H11FN2O2S. The number of hydrogen-bond donors (Lipinski definition) is 1. The molecule has 0 saturated heterocycles. The maximum absolute atomic E-state index is 12.9. The molecular weight excluding hydrogens is 207 g/mol. The Balaban J connectivity index is 2.51. The number of aromatic nitrogens is 1. The zero-order chi connectivity index (χ0) is 10.6. The van der Waals surface area contributed by atoms with Gasteiger partial charge in [0.25, 0.3) is 0 Å². The molecule has 0 amide bonds. The summed E-state index contributed by atoms with van der Waals surface area (Å²) in [5.41, 5.74) is 0. The van der Waals surface area contributed by atoms with Crippen LogP contribution in [0.1, 0.15) is 0 Å². The number of hydrogen-bond acceptors (Lipinski definition) is 4. The molecule has 78 valence electrons. The van der Waals surface area contributed by atoms with Crippen LogP contribution in [0.4, 0.5) is 10.2 Å². The highest BCUT2D eigenvalue weighted by Gasteiger charge is 2.04. The number of halogens is 1. The van der Waals surface area contributed by atoms with Crippen molar-refractivity contribution >= 4 is 15.7 Å². The Hall–Kier alpha value is -1.17. The number of pyridine rings is 1. The molecule has 0 saturated carbocycles. The van der Waals surface area contributed by atoms with E-state index in [1.54, 1.807) is 0 Å². The number of anilines is 1. The number of sulfone groups is 1. The molecule has 14 heavy (non-hydrogen) atoms. The molecule has 1 aromatic rings. The highest BCUT2D eigenvalue weighted by molar-refractivity contribution is 7.90. The second-order valence-electron chi connectivity index (χ2n) is 2.89. The van der Waals surface area contributed by atoms with Gasteiger partial charge < -0.3 is 5.32 Å². The summed E-state index contributed by atoms with van der Waals surface area (Å²) in [6, 6.07) is 2.73. The molecule has 0 aromatic carbocycles. The van der Waals surface area contributed by atoms with Crippen LogP contribution in [-0.2, 0) is 9.84 Å². The first-order valence-electron chi connectivity index (χ1n) is 4.01. The van der Waals surface area contributed by atoms with Crippen molar-refractivity contribution in [2.24, 2.45) is 0 Å². The fourth-order valence-corrected chi connectivity index (χ4v) is 1.34. The van der Waals surface area contributed by atoms with Crippen LogP contribution in [0.3, 0.4) is 0 Å². The molecule has 1 heterocycles. The van der Waals surface area contributed by atoms with Crippen LogP contribution < -0.4 is 5.32 Å². The molecule has 1 rings (SSSR count). The van der Waals surface area contributed by atoms with E-state index in [1.165, 1.54) is 18.3 Å². The van der Waals surface area contributed by atoms with Crippen molar-refractivity contribution in [1.29, 1.82) is 0 Å². The van der Waals surface area contributed by atoms with Gasteiger partial charge in [0.2, 0.25) is 0 Å². The third-order valence-electron chi connectivity index (χ3n) is 1.52. The van der Waals surface area contributed by atoms with Crippen molar-refractivity contribution in [2.75, 3.05) is 23.9 Å². The van der Waals surface area contributed by atoms with Crippen LogP contribution in [0, 0.1) is 5.82 Å². The van der Waals surface area contributed by atoms with E-state index in [2.05, 4.69) is 10.3 Å². The van der Waals surface area contributed by atoms with Gasteiger partial charge in [0, 0.05) is 19.0 Å². The fourth-order valence-electron chi connectivity index (χ4n) is 0.871. The Morgan fingerprint density at radius 1 is 1.57 bits per heavy atom. The number of nitrogens with zero attached hydrogens (tertiary/aromatic N) is 1. The second-order valence-corrected chi connectivity index (χ2v) is 5.15. The highest BCUT2D eigenvalue weighted by atomic mass is 32.2. The third-order valence-corrected chi connectivity index (χ3v) is 2.47. The van der Waals surface area contributed by atoms with E-state index < -0.39 is 15.7 Å². The van der Waals surface area contributed by atoms with Gasteiger partial charge in [0.15, 0.2) is 11.6 Å². The zero-order valence-corrected chi connectivity index (χ0v) is 8.51. The van der Waals surface area contributed by atoms with Crippen LogP contribution in [0.15, 0.2) is 18.3 Å². The zero-order valence-electron chi connectivity index (χ0n) is 7.70. The summed E-state index contributed by atoms with van der Waals surface area (Å²) < 4.78 is 34.4. The minimum absolute atomic E-state index is 0.0387. The predicted molar refractivity (Wildman–Crippen MR) is 52.4 cm³/mol. The van der Waals surface area contributed by atoms with Gasteiger partial charge in [-0.3, -0.25) is 0 Å². The van der Waals surface area contributed by atoms with Crippen molar-refractivity contribution in [3.63, 3.8) is 0 Å². The SMILES string of the molecule is CS(=O)(=O)CCNc1ncccc1F. The minimum atomic E-state index is -3.02. The predicted octanol–water partition coefficient (Wildman–Crippen LogP) is 0.677. The van der Waals surface area contributed by atoms with E-state index in [0.29, 0.717) is 0 Å². The van der Waals surface area contributed by atoms with Gasteiger partial charge in [-0.05, 0) is 12.1 Å². The quantitative estimate of drug-likeness (QED) is 0.807. The highest BCUT2D eigenvalue weighted by Crippen LogP contribution is 2.07. The first-order chi connectivity index (χ1) is 6.49.